The first kappa shape index (κ1) is 24.2. The van der Waals surface area contributed by atoms with Gasteiger partial charge in [0.05, 0.1) is 6.10 Å². The number of hydrogen-bond acceptors (Lipinski definition) is 5. The van der Waals surface area contributed by atoms with E-state index in [1.807, 2.05) is 30.4 Å². The van der Waals surface area contributed by atoms with E-state index >= 15 is 0 Å². The number of hydrogen-bond donors (Lipinski definition) is 4. The molecule has 0 saturated carbocycles. The molecule has 0 aliphatic carbocycles. The van der Waals surface area contributed by atoms with Crippen molar-refractivity contribution in [3.63, 3.8) is 0 Å². The number of aliphatic hydroxyl groups excluding tert-OH is 1. The first-order chi connectivity index (χ1) is 14.0. The third-order valence-electron chi connectivity index (χ3n) is 4.18. The van der Waals surface area contributed by atoms with Gasteiger partial charge in [0.2, 0.25) is 0 Å². The molecule has 1 aromatic carbocycles. The highest BCUT2D eigenvalue weighted by Gasteiger charge is 2.17. The van der Waals surface area contributed by atoms with E-state index in [9.17, 15) is 25.2 Å². The van der Waals surface area contributed by atoms with Gasteiger partial charge in [-0.3, -0.25) is 4.79 Å². The van der Waals surface area contributed by atoms with Crippen molar-refractivity contribution >= 4 is 5.78 Å². The lowest BCUT2D eigenvalue weighted by Gasteiger charge is -2.07. The summed E-state index contributed by atoms with van der Waals surface area (Å²) in [6.45, 7) is 2.10. The Morgan fingerprint density at radius 1 is 0.966 bits per heavy atom. The fourth-order valence-corrected chi connectivity index (χ4v) is 2.68. The molecule has 0 aliphatic rings. The molecule has 1 atom stereocenters. The molecule has 4 N–H and O–H groups in total. The maximum absolute atomic E-state index is 12.1. The van der Waals surface area contributed by atoms with E-state index in [4.69, 9.17) is 0 Å². The highest BCUT2D eigenvalue weighted by molar-refractivity contribution is 6.01. The normalized spacial score (nSPS) is 13.3. The van der Waals surface area contributed by atoms with Crippen LogP contribution in [-0.4, -0.2) is 32.3 Å². The lowest BCUT2D eigenvalue weighted by Crippen LogP contribution is -2.00. The number of carbonyl (C=O) groups excluding carboxylic acids is 1. The Kier molecular flexibility index (Phi) is 11.9. The van der Waals surface area contributed by atoms with Gasteiger partial charge in [0.1, 0.15) is 22.8 Å². The van der Waals surface area contributed by atoms with Crippen LogP contribution in [0.15, 0.2) is 60.7 Å². The van der Waals surface area contributed by atoms with Gasteiger partial charge >= 0.3 is 0 Å². The quantitative estimate of drug-likeness (QED) is 0.155. The van der Waals surface area contributed by atoms with Crippen molar-refractivity contribution in [3.8, 4) is 17.2 Å². The van der Waals surface area contributed by atoms with Crippen LogP contribution in [0.5, 0.6) is 17.2 Å². The molecule has 0 aliphatic heterocycles. The third kappa shape index (κ3) is 10.4. The number of Topliss-reactive ketones (excluding diaryl/α,β-unsaturated/α-hetero) is 1. The van der Waals surface area contributed by atoms with E-state index in [0.717, 1.165) is 37.8 Å². The largest absolute Gasteiger partial charge is 0.508 e. The molecule has 0 saturated heterocycles. The van der Waals surface area contributed by atoms with E-state index in [-0.39, 0.29) is 23.5 Å². The average Bonchev–Trinajstić information content (AvgIpc) is 2.65. The molecule has 0 heterocycles. The first-order valence-electron chi connectivity index (χ1n) is 10.0. The van der Waals surface area contributed by atoms with Crippen LogP contribution in [-0.2, 0) is 0 Å². The second-order valence-corrected chi connectivity index (χ2v) is 6.73. The predicted molar refractivity (Wildman–Crippen MR) is 116 cm³/mol. The van der Waals surface area contributed by atoms with Crippen molar-refractivity contribution in [3.05, 3.63) is 66.3 Å². The number of phenolic OH excluding ortho intramolecular Hbond substituents is 3. The van der Waals surface area contributed by atoms with Gasteiger partial charge in [-0.05, 0) is 38.5 Å². The summed E-state index contributed by atoms with van der Waals surface area (Å²) >= 11 is 0. The number of ketones is 1. The maximum atomic E-state index is 12.1. The molecule has 0 fully saturated rings. The zero-order chi connectivity index (χ0) is 21.5. The fourth-order valence-electron chi connectivity index (χ4n) is 2.68. The van der Waals surface area contributed by atoms with Crippen LogP contribution in [0, 0.1) is 0 Å². The lowest BCUT2D eigenvalue weighted by molar-refractivity contribution is 0.0974. The lowest BCUT2D eigenvalue weighted by atomic mass is 10.0. The van der Waals surface area contributed by atoms with Crippen LogP contribution in [0.3, 0.4) is 0 Å². The first-order valence-corrected chi connectivity index (χ1v) is 10.0. The van der Waals surface area contributed by atoms with E-state index in [2.05, 4.69) is 19.1 Å². The molecule has 0 radical (unpaired) electrons. The van der Waals surface area contributed by atoms with E-state index in [1.54, 1.807) is 6.08 Å². The van der Waals surface area contributed by atoms with E-state index in [1.165, 1.54) is 0 Å². The Balaban J connectivity index is 2.22. The van der Waals surface area contributed by atoms with Gasteiger partial charge in [0, 0.05) is 18.6 Å². The molecule has 29 heavy (non-hydrogen) atoms. The molecule has 0 spiro atoms. The summed E-state index contributed by atoms with van der Waals surface area (Å²) in [5.41, 5.74) is -0.149. The minimum atomic E-state index is -0.524. The summed E-state index contributed by atoms with van der Waals surface area (Å²) in [5, 5.41) is 38.5. The van der Waals surface area contributed by atoms with Crippen LogP contribution >= 0.6 is 0 Å². The Morgan fingerprint density at radius 3 is 2.38 bits per heavy atom. The highest BCUT2D eigenvalue weighted by Crippen LogP contribution is 2.33. The van der Waals surface area contributed by atoms with Crippen molar-refractivity contribution in [1.29, 1.82) is 0 Å². The van der Waals surface area contributed by atoms with Crippen LogP contribution in [0.2, 0.25) is 0 Å². The molecule has 1 aromatic rings. The third-order valence-corrected chi connectivity index (χ3v) is 4.18. The minimum Gasteiger partial charge on any atom is -0.508 e. The molecule has 5 heteroatoms. The topological polar surface area (TPSA) is 98.0 Å². The summed E-state index contributed by atoms with van der Waals surface area (Å²) in [7, 11) is 0. The average molecular weight is 401 g/mol. The number of benzene rings is 1. The number of allylic oxidation sites excluding steroid dienone is 6. The van der Waals surface area contributed by atoms with Gasteiger partial charge in [0.15, 0.2) is 5.78 Å². The SMILES string of the molecule is CCC=CCC=CC=CC(O)CC=CCCCCC(=O)c1c(O)cc(O)cc1O. The van der Waals surface area contributed by atoms with Gasteiger partial charge in [-0.1, -0.05) is 55.5 Å². The smallest absolute Gasteiger partial charge is 0.170 e. The van der Waals surface area contributed by atoms with Gasteiger partial charge in [-0.2, -0.15) is 0 Å². The van der Waals surface area contributed by atoms with Crippen LogP contribution in [0.4, 0.5) is 0 Å². The number of aromatic hydroxyl groups is 3. The molecular weight excluding hydrogens is 368 g/mol. The molecule has 5 nitrogen and oxygen atoms in total. The number of phenols is 3. The molecule has 0 bridgehead atoms. The van der Waals surface area contributed by atoms with Gasteiger partial charge in [-0.15, -0.1) is 0 Å². The Bertz CT molecular complexity index is 721. The Morgan fingerprint density at radius 2 is 1.69 bits per heavy atom. The van der Waals surface area contributed by atoms with E-state index < -0.39 is 17.6 Å². The predicted octanol–water partition coefficient (Wildman–Crippen LogP) is 5.32. The van der Waals surface area contributed by atoms with E-state index in [0.29, 0.717) is 12.8 Å². The van der Waals surface area contributed by atoms with Crippen molar-refractivity contribution in [2.75, 3.05) is 0 Å². The minimum absolute atomic E-state index is 0.149. The van der Waals surface area contributed by atoms with Gasteiger partial charge < -0.3 is 20.4 Å². The molecular formula is C24H32O5. The van der Waals surface area contributed by atoms with Crippen LogP contribution in [0.1, 0.15) is 62.2 Å². The number of rotatable bonds is 13. The Hall–Kier alpha value is -2.79. The second kappa shape index (κ2) is 14.2. The summed E-state index contributed by atoms with van der Waals surface area (Å²) < 4.78 is 0. The zero-order valence-corrected chi connectivity index (χ0v) is 17.0. The summed E-state index contributed by atoms with van der Waals surface area (Å²) in [6.07, 6.45) is 20.0. The van der Waals surface area contributed by atoms with Crippen LogP contribution < -0.4 is 0 Å². The molecule has 0 amide bonds. The van der Waals surface area contributed by atoms with Crippen molar-refractivity contribution in [1.82, 2.24) is 0 Å². The summed E-state index contributed by atoms with van der Waals surface area (Å²) in [6, 6.07) is 2.07. The maximum Gasteiger partial charge on any atom is 0.170 e. The monoisotopic (exact) mass is 400 g/mol. The van der Waals surface area contributed by atoms with Gasteiger partial charge in [0.25, 0.3) is 0 Å². The number of aliphatic hydroxyl groups is 1. The molecule has 158 valence electrons. The van der Waals surface area contributed by atoms with Gasteiger partial charge in [-0.25, -0.2) is 0 Å². The standard InChI is InChI=1S/C24H32O5/c1-2-3-4-5-6-8-11-14-19(25)15-12-9-7-10-13-16-21(27)24-22(28)17-20(26)18-23(24)29/h3-4,6,8-9,11-12,14,17-19,25-26,28-29H,2,5,7,10,13,15-16H2,1H3. The fraction of sp³-hybridized carbons (Fsp3) is 0.375. The summed E-state index contributed by atoms with van der Waals surface area (Å²) in [4.78, 5) is 12.1. The molecule has 1 unspecified atom stereocenters. The highest BCUT2D eigenvalue weighted by atomic mass is 16.3. The van der Waals surface area contributed by atoms with Crippen molar-refractivity contribution < 1.29 is 25.2 Å². The number of unbranched alkanes of at least 4 members (excludes halogenated alkanes) is 2. The zero-order valence-electron chi connectivity index (χ0n) is 17.0. The molecule has 1 rings (SSSR count). The molecule has 0 aromatic heterocycles. The Labute approximate surface area is 173 Å². The van der Waals surface area contributed by atoms with Crippen molar-refractivity contribution in [2.24, 2.45) is 0 Å². The second-order valence-electron chi connectivity index (χ2n) is 6.73. The number of carbonyl (C=O) groups is 1. The summed E-state index contributed by atoms with van der Waals surface area (Å²) in [5.74, 6) is -1.48. The van der Waals surface area contributed by atoms with Crippen molar-refractivity contribution in [2.45, 2.75) is 58.0 Å². The van der Waals surface area contributed by atoms with Crippen LogP contribution in [0.25, 0.3) is 0 Å².